The summed E-state index contributed by atoms with van der Waals surface area (Å²) in [5, 5.41) is 0. The number of aryl methyl sites for hydroxylation is 1. The van der Waals surface area contributed by atoms with Crippen LogP contribution in [0.2, 0.25) is 0 Å². The second-order valence-electron chi connectivity index (χ2n) is 5.35. The van der Waals surface area contributed by atoms with Crippen molar-refractivity contribution >= 4 is 5.91 Å². The molecule has 1 amide bonds. The van der Waals surface area contributed by atoms with Crippen LogP contribution in [0.5, 0.6) is 0 Å². The fourth-order valence-electron chi connectivity index (χ4n) is 3.08. The van der Waals surface area contributed by atoms with E-state index < -0.39 is 0 Å². The van der Waals surface area contributed by atoms with Gasteiger partial charge in [0, 0.05) is 27.0 Å². The van der Waals surface area contributed by atoms with Crippen LogP contribution in [0.4, 0.5) is 0 Å². The quantitative estimate of drug-likeness (QED) is 0.778. The number of hydrogen-bond donors (Lipinski definition) is 0. The molecule has 2 aliphatic heterocycles. The zero-order valence-electron chi connectivity index (χ0n) is 11.3. The lowest BCUT2D eigenvalue weighted by atomic mass is 9.96. The predicted molar refractivity (Wildman–Crippen MR) is 67.8 cm³/mol. The highest BCUT2D eigenvalue weighted by molar-refractivity contribution is 5.92. The summed E-state index contributed by atoms with van der Waals surface area (Å²) in [6, 6.07) is 0. The number of nitrogens with zero attached hydrogens (tertiary/aromatic N) is 3. The molecule has 6 nitrogen and oxygen atoms in total. The van der Waals surface area contributed by atoms with Gasteiger partial charge in [-0.25, -0.2) is 4.98 Å². The van der Waals surface area contributed by atoms with Crippen LogP contribution in [-0.2, 0) is 16.5 Å². The van der Waals surface area contributed by atoms with Crippen LogP contribution in [0.1, 0.15) is 23.3 Å². The van der Waals surface area contributed by atoms with E-state index in [9.17, 15) is 4.79 Å². The number of ether oxygens (including phenoxy) is 2. The second kappa shape index (κ2) is 4.61. The molecule has 2 fully saturated rings. The minimum atomic E-state index is -0.306. The van der Waals surface area contributed by atoms with Crippen LogP contribution < -0.4 is 0 Å². The monoisotopic (exact) mass is 265 g/mol. The van der Waals surface area contributed by atoms with Gasteiger partial charge < -0.3 is 18.9 Å². The van der Waals surface area contributed by atoms with E-state index in [0.29, 0.717) is 18.8 Å². The van der Waals surface area contributed by atoms with Gasteiger partial charge in [-0.05, 0) is 12.8 Å². The first-order chi connectivity index (χ1) is 9.14. The van der Waals surface area contributed by atoms with Crippen molar-refractivity contribution in [2.75, 3.05) is 26.8 Å². The van der Waals surface area contributed by atoms with Gasteiger partial charge in [0.1, 0.15) is 17.4 Å². The van der Waals surface area contributed by atoms with E-state index in [1.165, 1.54) is 0 Å². The SMILES string of the molecule is CO[C@H]1CN(C(=O)c2cn(C)cn2)C[C@@]12CCCO2. The zero-order valence-corrected chi connectivity index (χ0v) is 11.3. The molecule has 0 aromatic carbocycles. The summed E-state index contributed by atoms with van der Waals surface area (Å²) in [4.78, 5) is 18.3. The van der Waals surface area contributed by atoms with Crippen LogP contribution in [0.25, 0.3) is 0 Å². The van der Waals surface area contributed by atoms with Gasteiger partial charge in [0.25, 0.3) is 5.91 Å². The van der Waals surface area contributed by atoms with Crippen LogP contribution in [0.15, 0.2) is 12.5 Å². The number of carbonyl (C=O) groups excluding carboxylic acids is 1. The number of likely N-dealkylation sites (tertiary alicyclic amines) is 1. The Kier molecular flexibility index (Phi) is 3.06. The molecule has 0 saturated carbocycles. The first kappa shape index (κ1) is 12.6. The number of aromatic nitrogens is 2. The maximum atomic E-state index is 12.4. The highest BCUT2D eigenvalue weighted by Crippen LogP contribution is 2.37. The molecule has 0 aliphatic carbocycles. The third-order valence-electron chi connectivity index (χ3n) is 4.06. The maximum Gasteiger partial charge on any atom is 0.274 e. The Labute approximate surface area is 112 Å². The topological polar surface area (TPSA) is 56.6 Å². The van der Waals surface area contributed by atoms with Crippen molar-refractivity contribution < 1.29 is 14.3 Å². The molecule has 1 spiro atoms. The zero-order chi connectivity index (χ0) is 13.5. The van der Waals surface area contributed by atoms with Gasteiger partial charge in [-0.2, -0.15) is 0 Å². The Morgan fingerprint density at radius 1 is 1.63 bits per heavy atom. The van der Waals surface area contributed by atoms with E-state index in [1.807, 2.05) is 7.05 Å². The van der Waals surface area contributed by atoms with E-state index in [1.54, 1.807) is 29.1 Å². The molecular weight excluding hydrogens is 246 g/mol. The minimum Gasteiger partial charge on any atom is -0.377 e. The van der Waals surface area contributed by atoms with Gasteiger partial charge in [-0.1, -0.05) is 0 Å². The lowest BCUT2D eigenvalue weighted by molar-refractivity contribution is -0.0754. The van der Waals surface area contributed by atoms with E-state index >= 15 is 0 Å². The lowest BCUT2D eigenvalue weighted by Gasteiger charge is -2.27. The summed E-state index contributed by atoms with van der Waals surface area (Å²) in [6.45, 7) is 1.93. The average Bonchev–Trinajstić information content (AvgIpc) is 3.10. The van der Waals surface area contributed by atoms with Crippen molar-refractivity contribution in [2.24, 2.45) is 7.05 Å². The van der Waals surface area contributed by atoms with Crippen LogP contribution >= 0.6 is 0 Å². The summed E-state index contributed by atoms with van der Waals surface area (Å²) in [7, 11) is 3.54. The maximum absolute atomic E-state index is 12.4. The van der Waals surface area contributed by atoms with Gasteiger partial charge in [-0.15, -0.1) is 0 Å². The summed E-state index contributed by atoms with van der Waals surface area (Å²) >= 11 is 0. The van der Waals surface area contributed by atoms with Gasteiger partial charge in [0.05, 0.1) is 19.4 Å². The van der Waals surface area contributed by atoms with Gasteiger partial charge >= 0.3 is 0 Å². The summed E-state index contributed by atoms with van der Waals surface area (Å²) < 4.78 is 13.2. The molecule has 0 N–H and O–H groups in total. The van der Waals surface area contributed by atoms with Crippen molar-refractivity contribution in [1.29, 1.82) is 0 Å². The van der Waals surface area contributed by atoms with Crippen molar-refractivity contribution in [2.45, 2.75) is 24.5 Å². The molecule has 1 aromatic heterocycles. The Balaban J connectivity index is 1.78. The molecular formula is C13H19N3O3. The molecule has 19 heavy (non-hydrogen) atoms. The van der Waals surface area contributed by atoms with Gasteiger partial charge in [0.2, 0.25) is 0 Å². The molecule has 1 aromatic rings. The second-order valence-corrected chi connectivity index (χ2v) is 5.35. The molecule has 2 atom stereocenters. The largest absolute Gasteiger partial charge is 0.377 e. The van der Waals surface area contributed by atoms with E-state index in [-0.39, 0.29) is 17.6 Å². The van der Waals surface area contributed by atoms with E-state index in [4.69, 9.17) is 9.47 Å². The van der Waals surface area contributed by atoms with Crippen molar-refractivity contribution in [3.05, 3.63) is 18.2 Å². The van der Waals surface area contributed by atoms with Crippen LogP contribution in [0.3, 0.4) is 0 Å². The van der Waals surface area contributed by atoms with Gasteiger partial charge in [0.15, 0.2) is 0 Å². The molecule has 2 saturated heterocycles. The molecule has 0 bridgehead atoms. The Hall–Kier alpha value is -1.40. The van der Waals surface area contributed by atoms with E-state index in [0.717, 1.165) is 19.4 Å². The van der Waals surface area contributed by atoms with Crippen molar-refractivity contribution in [3.8, 4) is 0 Å². The fourth-order valence-corrected chi connectivity index (χ4v) is 3.08. The standard InChI is InChI=1S/C13H19N3O3/c1-15-6-10(14-9-15)12(17)16-7-11(18-2)13(8-16)4-3-5-19-13/h6,9,11H,3-5,7-8H2,1-2H3/t11-,13-/m0/s1. The lowest BCUT2D eigenvalue weighted by Crippen LogP contribution is -2.42. The molecule has 104 valence electrons. The molecule has 0 unspecified atom stereocenters. The van der Waals surface area contributed by atoms with Crippen LogP contribution in [0, 0.1) is 0 Å². The fraction of sp³-hybridized carbons (Fsp3) is 0.692. The third kappa shape index (κ3) is 2.04. The Morgan fingerprint density at radius 2 is 2.47 bits per heavy atom. The number of hydrogen-bond acceptors (Lipinski definition) is 4. The third-order valence-corrected chi connectivity index (χ3v) is 4.06. The summed E-state index contributed by atoms with van der Waals surface area (Å²) in [5.41, 5.74) is 0.173. The molecule has 3 rings (SSSR count). The van der Waals surface area contributed by atoms with Crippen molar-refractivity contribution in [1.82, 2.24) is 14.5 Å². The molecule has 0 radical (unpaired) electrons. The predicted octanol–water partition coefficient (Wildman–Crippen LogP) is 0.440. The summed E-state index contributed by atoms with van der Waals surface area (Å²) in [5.74, 6) is -0.0463. The van der Waals surface area contributed by atoms with Gasteiger partial charge in [-0.3, -0.25) is 4.79 Å². The summed E-state index contributed by atoms with van der Waals surface area (Å²) in [6.07, 6.45) is 5.33. The molecule has 3 heterocycles. The highest BCUT2D eigenvalue weighted by Gasteiger charge is 2.51. The Bertz CT molecular complexity index is 479. The minimum absolute atomic E-state index is 0.0392. The highest BCUT2D eigenvalue weighted by atomic mass is 16.6. The van der Waals surface area contributed by atoms with Crippen LogP contribution in [-0.4, -0.2) is 58.9 Å². The number of rotatable bonds is 2. The number of methoxy groups -OCH3 is 1. The number of imidazole rings is 1. The number of amides is 1. The smallest absolute Gasteiger partial charge is 0.274 e. The normalized spacial score (nSPS) is 30.4. The van der Waals surface area contributed by atoms with Crippen molar-refractivity contribution in [3.63, 3.8) is 0 Å². The first-order valence-corrected chi connectivity index (χ1v) is 6.59. The Morgan fingerprint density at radius 3 is 3.05 bits per heavy atom. The first-order valence-electron chi connectivity index (χ1n) is 6.59. The molecule has 6 heteroatoms. The molecule has 2 aliphatic rings. The number of carbonyl (C=O) groups is 1. The van der Waals surface area contributed by atoms with E-state index in [2.05, 4.69) is 4.98 Å². The average molecular weight is 265 g/mol.